The first-order valence-corrected chi connectivity index (χ1v) is 9.75. The van der Waals surface area contributed by atoms with Crippen molar-refractivity contribution in [1.29, 1.82) is 0 Å². The predicted octanol–water partition coefficient (Wildman–Crippen LogP) is 4.83. The molecule has 3 aliphatic carbocycles. The molecule has 134 valence electrons. The average Bonchev–Trinajstić information content (AvgIpc) is 3.08. The number of carbonyl (C=O) groups excluding carboxylic acids is 1. The van der Waals surface area contributed by atoms with Gasteiger partial charge in [0.1, 0.15) is 5.75 Å². The number of ether oxygens (including phenoxy) is 1. The molecule has 4 aliphatic rings. The van der Waals surface area contributed by atoms with Crippen molar-refractivity contribution in [2.45, 2.75) is 38.1 Å². The van der Waals surface area contributed by atoms with Gasteiger partial charge in [0, 0.05) is 6.54 Å². The summed E-state index contributed by atoms with van der Waals surface area (Å²) in [4.78, 5) is 15.4. The van der Waals surface area contributed by atoms with Crippen LogP contribution in [0.3, 0.4) is 0 Å². The van der Waals surface area contributed by atoms with Crippen molar-refractivity contribution in [3.63, 3.8) is 0 Å². The number of amides is 1. The number of rotatable bonds is 4. The van der Waals surface area contributed by atoms with Gasteiger partial charge in [-0.1, -0.05) is 36.4 Å². The fourth-order valence-electron chi connectivity index (χ4n) is 5.22. The Morgan fingerprint density at radius 1 is 1.12 bits per heavy atom. The summed E-state index contributed by atoms with van der Waals surface area (Å²) in [6, 6.07) is 17.0. The maximum atomic E-state index is 13.2. The van der Waals surface area contributed by atoms with E-state index in [-0.39, 0.29) is 11.5 Å². The van der Waals surface area contributed by atoms with E-state index >= 15 is 0 Å². The third kappa shape index (κ3) is 2.29. The van der Waals surface area contributed by atoms with E-state index in [0.29, 0.717) is 5.91 Å². The molecule has 6 rings (SSSR count). The van der Waals surface area contributed by atoms with Gasteiger partial charge in [0.05, 0.1) is 18.6 Å². The molecule has 2 aromatic carbocycles. The zero-order valence-corrected chi connectivity index (χ0v) is 15.3. The summed E-state index contributed by atoms with van der Waals surface area (Å²) >= 11 is 0. The van der Waals surface area contributed by atoms with Gasteiger partial charge in [0.15, 0.2) is 0 Å². The van der Waals surface area contributed by atoms with Gasteiger partial charge in [-0.05, 0) is 66.8 Å². The van der Waals surface area contributed by atoms with Crippen LogP contribution in [0, 0.1) is 11.3 Å². The highest BCUT2D eigenvalue weighted by atomic mass is 16.5. The lowest BCUT2D eigenvalue weighted by atomic mass is 9.44. The second-order valence-electron chi connectivity index (χ2n) is 8.23. The van der Waals surface area contributed by atoms with Crippen LogP contribution < -0.4 is 4.74 Å². The molecule has 1 amide bonds. The van der Waals surface area contributed by atoms with Crippen molar-refractivity contribution in [1.82, 2.24) is 4.90 Å². The molecule has 0 spiro atoms. The van der Waals surface area contributed by atoms with Crippen LogP contribution in [0.5, 0.6) is 5.75 Å². The molecule has 0 N–H and O–H groups in total. The van der Waals surface area contributed by atoms with Gasteiger partial charge in [0.25, 0.3) is 0 Å². The number of carbonyl (C=O) groups is 1. The number of hydrogen-bond donors (Lipinski definition) is 0. The normalized spacial score (nSPS) is 29.0. The SMILES string of the molecule is COc1cccc(-c2ccccc2[C@@H]2CCCN2C(=O)C23CC(C2)C3)c1. The molecule has 1 aliphatic heterocycles. The lowest BCUT2D eigenvalue weighted by Crippen LogP contribution is -2.61. The van der Waals surface area contributed by atoms with Gasteiger partial charge >= 0.3 is 0 Å². The highest BCUT2D eigenvalue weighted by Gasteiger charge is 2.63. The molecule has 1 heterocycles. The highest BCUT2D eigenvalue weighted by molar-refractivity contribution is 5.87. The van der Waals surface area contributed by atoms with Crippen LogP contribution in [-0.4, -0.2) is 24.5 Å². The third-order valence-corrected chi connectivity index (χ3v) is 6.71. The topological polar surface area (TPSA) is 29.5 Å². The minimum Gasteiger partial charge on any atom is -0.497 e. The van der Waals surface area contributed by atoms with Crippen molar-refractivity contribution in [3.8, 4) is 16.9 Å². The van der Waals surface area contributed by atoms with Crippen LogP contribution >= 0.6 is 0 Å². The van der Waals surface area contributed by atoms with E-state index in [1.54, 1.807) is 7.11 Å². The number of hydrogen-bond acceptors (Lipinski definition) is 2. The lowest BCUT2D eigenvalue weighted by Gasteiger charge is -2.61. The van der Waals surface area contributed by atoms with E-state index in [4.69, 9.17) is 4.74 Å². The van der Waals surface area contributed by atoms with Crippen molar-refractivity contribution >= 4 is 5.91 Å². The summed E-state index contributed by atoms with van der Waals surface area (Å²) in [5, 5.41) is 0. The Labute approximate surface area is 155 Å². The first kappa shape index (κ1) is 15.9. The molecular weight excluding hydrogens is 322 g/mol. The van der Waals surface area contributed by atoms with Gasteiger partial charge in [-0.2, -0.15) is 0 Å². The Morgan fingerprint density at radius 3 is 2.65 bits per heavy atom. The number of likely N-dealkylation sites (tertiary alicyclic amines) is 1. The van der Waals surface area contributed by atoms with E-state index < -0.39 is 0 Å². The standard InChI is InChI=1S/C23H25NO2/c1-26-18-7-4-6-17(12-18)19-8-2-3-9-20(19)21-10-5-11-24(21)22(25)23-13-16(14-23)15-23/h2-4,6-9,12,16,21H,5,10-11,13-15H2,1H3/t16?,21-,23?/m0/s1. The van der Waals surface area contributed by atoms with Gasteiger partial charge < -0.3 is 9.64 Å². The lowest BCUT2D eigenvalue weighted by molar-refractivity contribution is -0.177. The monoisotopic (exact) mass is 347 g/mol. The molecule has 2 aromatic rings. The Hall–Kier alpha value is -2.29. The number of benzene rings is 2. The van der Waals surface area contributed by atoms with Crippen molar-refractivity contribution in [2.75, 3.05) is 13.7 Å². The molecule has 1 atom stereocenters. The Balaban J connectivity index is 1.50. The van der Waals surface area contributed by atoms with E-state index in [2.05, 4.69) is 41.3 Å². The largest absolute Gasteiger partial charge is 0.497 e. The van der Waals surface area contributed by atoms with Crippen LogP contribution in [0.1, 0.15) is 43.7 Å². The molecular formula is C23H25NO2. The van der Waals surface area contributed by atoms with Crippen LogP contribution in [0.4, 0.5) is 0 Å². The van der Waals surface area contributed by atoms with Crippen LogP contribution in [0.2, 0.25) is 0 Å². The summed E-state index contributed by atoms with van der Waals surface area (Å²) < 4.78 is 5.41. The van der Waals surface area contributed by atoms with E-state index in [1.165, 1.54) is 11.1 Å². The number of methoxy groups -OCH3 is 1. The minimum absolute atomic E-state index is 0.0121. The fraction of sp³-hybridized carbons (Fsp3) is 0.435. The summed E-state index contributed by atoms with van der Waals surface area (Å²) in [6.07, 6.45) is 5.56. The molecule has 26 heavy (non-hydrogen) atoms. The van der Waals surface area contributed by atoms with E-state index in [9.17, 15) is 4.79 Å². The smallest absolute Gasteiger partial charge is 0.229 e. The highest BCUT2D eigenvalue weighted by Crippen LogP contribution is 2.65. The Kier molecular flexibility index (Phi) is 3.59. The summed E-state index contributed by atoms with van der Waals surface area (Å²) in [5.41, 5.74) is 3.66. The number of nitrogens with zero attached hydrogens (tertiary/aromatic N) is 1. The first-order chi connectivity index (χ1) is 12.7. The fourth-order valence-corrected chi connectivity index (χ4v) is 5.22. The second kappa shape index (κ2) is 5.87. The van der Waals surface area contributed by atoms with E-state index in [1.807, 2.05) is 12.1 Å². The second-order valence-corrected chi connectivity index (χ2v) is 8.23. The van der Waals surface area contributed by atoms with Crippen molar-refractivity contribution < 1.29 is 9.53 Å². The van der Waals surface area contributed by atoms with Gasteiger partial charge in [-0.15, -0.1) is 0 Å². The van der Waals surface area contributed by atoms with Crippen LogP contribution in [0.25, 0.3) is 11.1 Å². The molecule has 0 aromatic heterocycles. The predicted molar refractivity (Wildman–Crippen MR) is 102 cm³/mol. The van der Waals surface area contributed by atoms with E-state index in [0.717, 1.165) is 55.9 Å². The minimum atomic E-state index is 0.0121. The molecule has 2 bridgehead atoms. The molecule has 0 unspecified atom stereocenters. The third-order valence-electron chi connectivity index (χ3n) is 6.71. The van der Waals surface area contributed by atoms with Gasteiger partial charge in [-0.25, -0.2) is 0 Å². The van der Waals surface area contributed by atoms with Crippen LogP contribution in [0.15, 0.2) is 48.5 Å². The summed E-state index contributed by atoms with van der Waals surface area (Å²) in [5.74, 6) is 2.12. The molecule has 0 radical (unpaired) electrons. The van der Waals surface area contributed by atoms with Crippen molar-refractivity contribution in [3.05, 3.63) is 54.1 Å². The first-order valence-electron chi connectivity index (χ1n) is 9.75. The summed E-state index contributed by atoms with van der Waals surface area (Å²) in [7, 11) is 1.70. The summed E-state index contributed by atoms with van der Waals surface area (Å²) in [6.45, 7) is 0.905. The molecule has 3 nitrogen and oxygen atoms in total. The Bertz CT molecular complexity index is 842. The van der Waals surface area contributed by atoms with Gasteiger partial charge in [0.2, 0.25) is 5.91 Å². The van der Waals surface area contributed by atoms with Gasteiger partial charge in [-0.3, -0.25) is 4.79 Å². The molecule has 3 heteroatoms. The zero-order valence-electron chi connectivity index (χ0n) is 15.3. The maximum absolute atomic E-state index is 13.2. The van der Waals surface area contributed by atoms with Crippen molar-refractivity contribution in [2.24, 2.45) is 11.3 Å². The quantitative estimate of drug-likeness (QED) is 0.793. The molecule has 3 saturated carbocycles. The molecule has 1 saturated heterocycles. The Morgan fingerprint density at radius 2 is 1.92 bits per heavy atom. The average molecular weight is 347 g/mol. The molecule has 4 fully saturated rings. The zero-order chi connectivity index (χ0) is 17.7. The maximum Gasteiger partial charge on any atom is 0.229 e. The van der Waals surface area contributed by atoms with Crippen LogP contribution in [-0.2, 0) is 4.79 Å².